The van der Waals surface area contributed by atoms with Crippen LogP contribution in [0.15, 0.2) is 20.0 Å². The van der Waals surface area contributed by atoms with Crippen LogP contribution in [0.5, 0.6) is 0 Å². The molecule has 13 N–H and O–H groups in total. The quantitative estimate of drug-likeness (QED) is 0.0471. The van der Waals surface area contributed by atoms with Gasteiger partial charge in [0, 0.05) is 26.2 Å². The first-order valence-corrected chi connectivity index (χ1v) is 14.9. The van der Waals surface area contributed by atoms with Crippen molar-refractivity contribution >= 4 is 31.2 Å². The first kappa shape index (κ1) is 39.6. The number of hydrogen-bond acceptors (Lipinski definition) is 7. The smallest absolute Gasteiger partial charge is 0.402 e. The minimum Gasteiger partial charge on any atom is -0.402 e. The zero-order valence-corrected chi connectivity index (χ0v) is 25.5. The molecular weight excluding hydrogens is 511 g/mol. The van der Waals surface area contributed by atoms with Crippen molar-refractivity contribution in [3.63, 3.8) is 0 Å². The van der Waals surface area contributed by atoms with Crippen LogP contribution in [0.2, 0.25) is 0 Å². The minimum atomic E-state index is -2.17. The predicted octanol–water partition coefficient (Wildman–Crippen LogP) is 1.37. The Kier molecular flexibility index (Phi) is 27.7. The molecule has 0 amide bonds. The van der Waals surface area contributed by atoms with E-state index in [1.165, 1.54) is 38.5 Å². The molecule has 0 saturated carbocycles. The van der Waals surface area contributed by atoms with Gasteiger partial charge in [-0.05, 0) is 37.5 Å². The molecular formula is C26H59BN10O3. The van der Waals surface area contributed by atoms with Crippen molar-refractivity contribution < 1.29 is 15.1 Å². The first-order valence-electron chi connectivity index (χ1n) is 14.9. The number of nitrogens with one attached hydrogen (secondary N) is 2. The van der Waals surface area contributed by atoms with Crippen molar-refractivity contribution in [1.29, 1.82) is 0 Å². The highest BCUT2D eigenvalue weighted by Gasteiger charge is 2.06. The Bertz CT molecular complexity index is 662. The van der Waals surface area contributed by atoms with Crippen molar-refractivity contribution in [3.05, 3.63) is 0 Å². The average Bonchev–Trinajstić information content (AvgIpc) is 2.90. The lowest BCUT2D eigenvalue weighted by Crippen LogP contribution is -2.42. The summed E-state index contributed by atoms with van der Waals surface area (Å²) in [6.07, 6.45) is 13.4. The largest absolute Gasteiger partial charge is 0.631 e. The van der Waals surface area contributed by atoms with Gasteiger partial charge in [-0.1, -0.05) is 79.1 Å². The van der Waals surface area contributed by atoms with Crippen LogP contribution in [0.25, 0.3) is 0 Å². The molecule has 0 rings (SSSR count). The lowest BCUT2D eigenvalue weighted by Gasteiger charge is -2.12. The normalized spacial score (nSPS) is 14.3. The highest BCUT2D eigenvalue weighted by molar-refractivity contribution is 6.30. The van der Waals surface area contributed by atoms with Crippen molar-refractivity contribution in [1.82, 2.24) is 10.6 Å². The molecule has 40 heavy (non-hydrogen) atoms. The van der Waals surface area contributed by atoms with Crippen LogP contribution in [0.3, 0.4) is 0 Å². The second-order valence-corrected chi connectivity index (χ2v) is 9.83. The molecule has 0 fully saturated rings. The predicted molar refractivity (Wildman–Crippen MR) is 170 cm³/mol. The molecule has 0 aromatic carbocycles. The van der Waals surface area contributed by atoms with Crippen LogP contribution in [0.1, 0.15) is 105 Å². The number of unbranched alkanes of at least 4 members (excludes halogenated alkanes) is 5. The zero-order chi connectivity index (χ0) is 30.6. The van der Waals surface area contributed by atoms with Crippen molar-refractivity contribution in [2.24, 2.45) is 54.7 Å². The van der Waals surface area contributed by atoms with Gasteiger partial charge < -0.3 is 38.0 Å². The van der Waals surface area contributed by atoms with E-state index in [1.54, 1.807) is 0 Å². The Hall–Kier alpha value is -2.58. The van der Waals surface area contributed by atoms with Gasteiger partial charge in [0.15, 0.2) is 23.8 Å². The summed E-state index contributed by atoms with van der Waals surface area (Å²) >= 11 is 0. The molecule has 0 radical (unpaired) electrons. The molecule has 0 aliphatic heterocycles. The summed E-state index contributed by atoms with van der Waals surface area (Å²) in [7, 11) is -2.17. The monoisotopic (exact) mass is 570 g/mol. The Morgan fingerprint density at radius 1 is 0.575 bits per heavy atom. The van der Waals surface area contributed by atoms with E-state index in [2.05, 4.69) is 58.3 Å². The molecule has 14 heteroatoms. The maximum atomic E-state index is 7.17. The SMILES string of the molecule is CCCCC(CC)CN=C(N)NC(N)=NCCCCCCN=C(N)NC(N)=NCC(CC)CCCC.OB(O)O. The number of nitrogens with zero attached hydrogens (tertiary/aromatic N) is 4. The zero-order valence-electron chi connectivity index (χ0n) is 25.5. The summed E-state index contributed by atoms with van der Waals surface area (Å²) in [5.41, 5.74) is 23.7. The van der Waals surface area contributed by atoms with Gasteiger partial charge in [0.25, 0.3) is 0 Å². The van der Waals surface area contributed by atoms with Crippen LogP contribution in [-0.4, -0.2) is 72.4 Å². The molecule has 0 saturated heterocycles. The Labute approximate surface area is 242 Å². The topological polar surface area (TPSA) is 238 Å². The first-order chi connectivity index (χ1) is 19.1. The molecule has 0 aromatic rings. The minimum absolute atomic E-state index is 0.316. The third kappa shape index (κ3) is 28.4. The average molecular weight is 571 g/mol. The van der Waals surface area contributed by atoms with Crippen LogP contribution in [0.4, 0.5) is 0 Å². The van der Waals surface area contributed by atoms with Gasteiger partial charge in [-0.2, -0.15) is 0 Å². The van der Waals surface area contributed by atoms with E-state index < -0.39 is 7.32 Å². The lowest BCUT2D eigenvalue weighted by molar-refractivity contribution is 0.278. The lowest BCUT2D eigenvalue weighted by atomic mass is 10.00. The number of rotatable bonds is 19. The van der Waals surface area contributed by atoms with Crippen molar-refractivity contribution in [3.8, 4) is 0 Å². The third-order valence-electron chi connectivity index (χ3n) is 6.27. The summed E-state index contributed by atoms with van der Waals surface area (Å²) in [4.78, 5) is 17.5. The van der Waals surface area contributed by atoms with Crippen LogP contribution >= 0.6 is 0 Å². The summed E-state index contributed by atoms with van der Waals surface area (Å²) in [6.45, 7) is 11.5. The van der Waals surface area contributed by atoms with Gasteiger partial charge in [0.05, 0.1) is 0 Å². The molecule has 0 aliphatic carbocycles. The molecule has 0 bridgehead atoms. The number of guanidine groups is 4. The summed E-state index contributed by atoms with van der Waals surface area (Å²) in [5, 5.41) is 27.3. The molecule has 2 atom stereocenters. The Morgan fingerprint density at radius 3 is 1.20 bits per heavy atom. The van der Waals surface area contributed by atoms with Crippen LogP contribution in [0, 0.1) is 11.8 Å². The molecule has 0 spiro atoms. The van der Waals surface area contributed by atoms with E-state index in [0.29, 0.717) is 48.8 Å². The number of nitrogens with two attached hydrogens (primary N) is 4. The van der Waals surface area contributed by atoms with Crippen LogP contribution in [-0.2, 0) is 0 Å². The van der Waals surface area contributed by atoms with E-state index in [1.807, 2.05) is 0 Å². The van der Waals surface area contributed by atoms with Gasteiger partial charge in [-0.15, -0.1) is 0 Å². The van der Waals surface area contributed by atoms with Crippen molar-refractivity contribution in [2.45, 2.75) is 105 Å². The van der Waals surface area contributed by atoms with Gasteiger partial charge in [0.1, 0.15) is 0 Å². The van der Waals surface area contributed by atoms with E-state index in [0.717, 1.165) is 51.6 Å². The van der Waals surface area contributed by atoms with E-state index in [4.69, 9.17) is 38.0 Å². The molecule has 2 unspecified atom stereocenters. The van der Waals surface area contributed by atoms with Crippen LogP contribution < -0.4 is 33.6 Å². The Balaban J connectivity index is 0. The number of hydrogen-bond donors (Lipinski definition) is 9. The van der Waals surface area contributed by atoms with E-state index >= 15 is 0 Å². The fourth-order valence-corrected chi connectivity index (χ4v) is 3.69. The van der Waals surface area contributed by atoms with Crippen molar-refractivity contribution in [2.75, 3.05) is 26.2 Å². The Morgan fingerprint density at radius 2 is 0.900 bits per heavy atom. The molecule has 13 nitrogen and oxygen atoms in total. The second-order valence-electron chi connectivity index (χ2n) is 9.83. The van der Waals surface area contributed by atoms with Gasteiger partial charge >= 0.3 is 7.32 Å². The number of aliphatic imine (C=N–C) groups is 4. The standard InChI is InChI=1S/C26H56N10.BH3O3/c1-5-9-15-21(7-3)19-33-25(29)35-23(27)31-17-13-11-12-14-18-32-24(28)36-26(30)34-20-22(8-4)16-10-6-2;2-1(3)4/h21-22H,5-20H2,1-4H3,(H5,27,29,31,33,35)(H5,28,30,32,34,36);2-4H. The summed E-state index contributed by atoms with van der Waals surface area (Å²) in [6, 6.07) is 0. The van der Waals surface area contributed by atoms with Gasteiger partial charge in [0.2, 0.25) is 0 Å². The van der Waals surface area contributed by atoms with E-state index in [9.17, 15) is 0 Å². The summed E-state index contributed by atoms with van der Waals surface area (Å²) in [5.74, 6) is 2.44. The second kappa shape index (κ2) is 28.0. The maximum Gasteiger partial charge on any atom is 0.631 e. The highest BCUT2D eigenvalue weighted by Crippen LogP contribution is 2.13. The highest BCUT2D eigenvalue weighted by atomic mass is 16.5. The van der Waals surface area contributed by atoms with E-state index in [-0.39, 0.29) is 0 Å². The molecule has 0 heterocycles. The molecule has 0 aliphatic rings. The molecule has 0 aromatic heterocycles. The maximum absolute atomic E-state index is 7.17. The van der Waals surface area contributed by atoms with Gasteiger partial charge in [-0.25, -0.2) is 0 Å². The molecule has 234 valence electrons. The fourth-order valence-electron chi connectivity index (χ4n) is 3.69. The summed E-state index contributed by atoms with van der Waals surface area (Å²) < 4.78 is 0. The third-order valence-corrected chi connectivity index (χ3v) is 6.27. The fraction of sp³-hybridized carbons (Fsp3) is 0.846. The van der Waals surface area contributed by atoms with Gasteiger partial charge in [-0.3, -0.25) is 30.6 Å².